The Morgan fingerprint density at radius 2 is 2.00 bits per heavy atom. The lowest BCUT2D eigenvalue weighted by Gasteiger charge is -2.13. The molecule has 1 atom stereocenters. The Bertz CT molecular complexity index is 347. The molecule has 0 aliphatic carbocycles. The summed E-state index contributed by atoms with van der Waals surface area (Å²) in [5, 5.41) is 2.75. The highest BCUT2D eigenvalue weighted by atomic mass is 16.5. The van der Waals surface area contributed by atoms with Crippen LogP contribution in [0, 0.1) is 0 Å². The van der Waals surface area contributed by atoms with Crippen LogP contribution in [-0.2, 0) is 16.1 Å². The lowest BCUT2D eigenvalue weighted by Crippen LogP contribution is -2.40. The van der Waals surface area contributed by atoms with E-state index in [1.165, 1.54) is 7.11 Å². The van der Waals surface area contributed by atoms with Gasteiger partial charge >= 0.3 is 0 Å². The van der Waals surface area contributed by atoms with Crippen molar-refractivity contribution in [3.8, 4) is 5.75 Å². The molecule has 5 heteroatoms. The average molecular weight is 238 g/mol. The summed E-state index contributed by atoms with van der Waals surface area (Å²) in [6.45, 7) is 0.619. The Labute approximate surface area is 101 Å². The Kier molecular flexibility index (Phi) is 5.45. The van der Waals surface area contributed by atoms with Gasteiger partial charge in [-0.1, -0.05) is 12.1 Å². The van der Waals surface area contributed by atoms with Crippen LogP contribution >= 0.6 is 0 Å². The molecule has 1 aromatic rings. The number of ether oxygens (including phenoxy) is 2. The highest BCUT2D eigenvalue weighted by Gasteiger charge is 2.14. The van der Waals surface area contributed by atoms with Crippen LogP contribution in [0.3, 0.4) is 0 Å². The highest BCUT2D eigenvalue weighted by molar-refractivity contribution is 5.80. The van der Waals surface area contributed by atoms with Gasteiger partial charge in [-0.2, -0.15) is 0 Å². The summed E-state index contributed by atoms with van der Waals surface area (Å²) in [6, 6.07) is 7.48. The van der Waals surface area contributed by atoms with Crippen molar-refractivity contribution in [2.75, 3.05) is 20.8 Å². The van der Waals surface area contributed by atoms with E-state index >= 15 is 0 Å². The molecule has 0 heterocycles. The fourth-order valence-corrected chi connectivity index (χ4v) is 1.36. The molecular formula is C12H18N2O3. The quantitative estimate of drug-likeness (QED) is 0.747. The predicted octanol–water partition coefficient (Wildman–Crippen LogP) is 0.285. The average Bonchev–Trinajstić information content (AvgIpc) is 2.38. The maximum absolute atomic E-state index is 11.6. The summed E-state index contributed by atoms with van der Waals surface area (Å²) >= 11 is 0. The van der Waals surface area contributed by atoms with E-state index in [9.17, 15) is 4.79 Å². The smallest absolute Gasteiger partial charge is 0.250 e. The van der Waals surface area contributed by atoms with Gasteiger partial charge < -0.3 is 20.5 Å². The van der Waals surface area contributed by atoms with Gasteiger partial charge in [-0.05, 0) is 17.7 Å². The lowest BCUT2D eigenvalue weighted by atomic mass is 10.2. The van der Waals surface area contributed by atoms with E-state index in [2.05, 4.69) is 5.32 Å². The van der Waals surface area contributed by atoms with Gasteiger partial charge in [0.05, 0.1) is 7.11 Å². The minimum atomic E-state index is -0.590. The maximum atomic E-state index is 11.6. The molecule has 5 nitrogen and oxygen atoms in total. The van der Waals surface area contributed by atoms with E-state index in [-0.39, 0.29) is 12.5 Å². The van der Waals surface area contributed by atoms with Crippen LogP contribution in [0.2, 0.25) is 0 Å². The summed E-state index contributed by atoms with van der Waals surface area (Å²) < 4.78 is 9.97. The molecule has 94 valence electrons. The van der Waals surface area contributed by atoms with Crippen LogP contribution < -0.4 is 15.8 Å². The molecule has 0 saturated carbocycles. The van der Waals surface area contributed by atoms with Gasteiger partial charge in [-0.15, -0.1) is 0 Å². The van der Waals surface area contributed by atoms with Gasteiger partial charge in [0.25, 0.3) is 5.91 Å². The number of hydrogen-bond acceptors (Lipinski definition) is 4. The molecule has 0 radical (unpaired) electrons. The van der Waals surface area contributed by atoms with E-state index in [0.717, 1.165) is 11.3 Å². The van der Waals surface area contributed by atoms with Gasteiger partial charge in [0.1, 0.15) is 11.9 Å². The first-order chi connectivity index (χ1) is 8.21. The van der Waals surface area contributed by atoms with Crippen LogP contribution in [0.25, 0.3) is 0 Å². The lowest BCUT2D eigenvalue weighted by molar-refractivity contribution is -0.130. The number of benzene rings is 1. The van der Waals surface area contributed by atoms with Crippen molar-refractivity contribution in [1.82, 2.24) is 5.32 Å². The molecular weight excluding hydrogens is 220 g/mol. The van der Waals surface area contributed by atoms with Crippen LogP contribution in [0.1, 0.15) is 5.56 Å². The zero-order valence-electron chi connectivity index (χ0n) is 10.1. The summed E-state index contributed by atoms with van der Waals surface area (Å²) in [6.07, 6.45) is -0.590. The van der Waals surface area contributed by atoms with Crippen molar-refractivity contribution in [2.24, 2.45) is 5.73 Å². The molecule has 0 aliphatic heterocycles. The van der Waals surface area contributed by atoms with Crippen molar-refractivity contribution < 1.29 is 14.3 Å². The standard InChI is InChI=1S/C12H18N2O3/c1-16-10-5-3-9(4-6-10)8-14-12(15)11(7-13)17-2/h3-6,11H,7-8,13H2,1-2H3,(H,14,15). The van der Waals surface area contributed by atoms with Gasteiger partial charge in [0.2, 0.25) is 0 Å². The SMILES string of the molecule is COc1ccc(CNC(=O)C(CN)OC)cc1. The highest BCUT2D eigenvalue weighted by Crippen LogP contribution is 2.10. The van der Waals surface area contributed by atoms with Crippen molar-refractivity contribution in [2.45, 2.75) is 12.6 Å². The second-order valence-corrected chi connectivity index (χ2v) is 3.53. The van der Waals surface area contributed by atoms with Gasteiger partial charge in [0, 0.05) is 20.2 Å². The minimum Gasteiger partial charge on any atom is -0.497 e. The zero-order chi connectivity index (χ0) is 12.7. The third-order valence-electron chi connectivity index (χ3n) is 2.42. The molecule has 1 aromatic carbocycles. The van der Waals surface area contributed by atoms with Crippen molar-refractivity contribution in [1.29, 1.82) is 0 Å². The fourth-order valence-electron chi connectivity index (χ4n) is 1.36. The third-order valence-corrected chi connectivity index (χ3v) is 2.42. The number of hydrogen-bond donors (Lipinski definition) is 2. The molecule has 17 heavy (non-hydrogen) atoms. The molecule has 3 N–H and O–H groups in total. The molecule has 0 bridgehead atoms. The number of nitrogens with two attached hydrogens (primary N) is 1. The Morgan fingerprint density at radius 1 is 1.35 bits per heavy atom. The molecule has 1 amide bonds. The van der Waals surface area contributed by atoms with Crippen LogP contribution in [0.4, 0.5) is 0 Å². The summed E-state index contributed by atoms with van der Waals surface area (Å²) in [5.41, 5.74) is 6.38. The number of carbonyl (C=O) groups is 1. The number of nitrogens with one attached hydrogen (secondary N) is 1. The summed E-state index contributed by atoms with van der Waals surface area (Å²) in [5.74, 6) is 0.586. The second-order valence-electron chi connectivity index (χ2n) is 3.53. The molecule has 0 saturated heterocycles. The number of methoxy groups -OCH3 is 2. The molecule has 0 aromatic heterocycles. The second kappa shape index (κ2) is 6.88. The predicted molar refractivity (Wildman–Crippen MR) is 64.7 cm³/mol. The van der Waals surface area contributed by atoms with Crippen LogP contribution in [0.15, 0.2) is 24.3 Å². The van der Waals surface area contributed by atoms with Gasteiger partial charge in [-0.3, -0.25) is 4.79 Å². The largest absolute Gasteiger partial charge is 0.497 e. The molecule has 1 unspecified atom stereocenters. The van der Waals surface area contributed by atoms with Gasteiger partial charge in [-0.25, -0.2) is 0 Å². The number of carbonyl (C=O) groups excluding carboxylic acids is 1. The topological polar surface area (TPSA) is 73.6 Å². The van der Waals surface area contributed by atoms with Crippen molar-refractivity contribution in [3.63, 3.8) is 0 Å². The first-order valence-electron chi connectivity index (χ1n) is 5.34. The van der Waals surface area contributed by atoms with Crippen molar-refractivity contribution >= 4 is 5.91 Å². The van der Waals surface area contributed by atoms with Gasteiger partial charge in [0.15, 0.2) is 0 Å². The molecule has 0 spiro atoms. The normalized spacial score (nSPS) is 11.9. The molecule has 0 aliphatic rings. The summed E-state index contributed by atoms with van der Waals surface area (Å²) in [7, 11) is 3.08. The Morgan fingerprint density at radius 3 is 2.47 bits per heavy atom. The molecule has 1 rings (SSSR count). The Balaban J connectivity index is 2.46. The Hall–Kier alpha value is -1.59. The minimum absolute atomic E-state index is 0.172. The van der Waals surface area contributed by atoms with E-state index in [1.54, 1.807) is 7.11 Å². The van der Waals surface area contributed by atoms with E-state index in [4.69, 9.17) is 15.2 Å². The maximum Gasteiger partial charge on any atom is 0.250 e. The zero-order valence-corrected chi connectivity index (χ0v) is 10.1. The van der Waals surface area contributed by atoms with E-state index in [0.29, 0.717) is 6.54 Å². The molecule has 0 fully saturated rings. The number of rotatable bonds is 6. The first-order valence-corrected chi connectivity index (χ1v) is 5.34. The summed E-state index contributed by atoms with van der Waals surface area (Å²) in [4.78, 5) is 11.6. The van der Waals surface area contributed by atoms with Crippen LogP contribution in [-0.4, -0.2) is 32.8 Å². The van der Waals surface area contributed by atoms with E-state index < -0.39 is 6.10 Å². The number of amides is 1. The first kappa shape index (κ1) is 13.5. The fraction of sp³-hybridized carbons (Fsp3) is 0.417. The van der Waals surface area contributed by atoms with E-state index in [1.807, 2.05) is 24.3 Å². The third kappa shape index (κ3) is 4.05. The van der Waals surface area contributed by atoms with Crippen molar-refractivity contribution in [3.05, 3.63) is 29.8 Å². The van der Waals surface area contributed by atoms with Crippen LogP contribution in [0.5, 0.6) is 5.75 Å². The monoisotopic (exact) mass is 238 g/mol.